The van der Waals surface area contributed by atoms with Crippen molar-refractivity contribution in [3.63, 3.8) is 0 Å². The SMILES string of the molecule is Cc1nc2c(C(F)(F)F)cccc2c2c1C(=O)N(c1c(C)nn(C)c1C)C2=O. The number of nitrogens with zero attached hydrogens (tertiary/aromatic N) is 4. The van der Waals surface area contributed by atoms with E-state index in [9.17, 15) is 22.8 Å². The number of pyridine rings is 1. The number of hydrogen-bond acceptors (Lipinski definition) is 4. The largest absolute Gasteiger partial charge is 0.418 e. The van der Waals surface area contributed by atoms with Crippen LogP contribution in [0.1, 0.15) is 43.4 Å². The van der Waals surface area contributed by atoms with E-state index in [4.69, 9.17) is 0 Å². The number of fused-ring (bicyclic) bond motifs is 3. The van der Waals surface area contributed by atoms with Crippen LogP contribution >= 0.6 is 0 Å². The van der Waals surface area contributed by atoms with Crippen LogP contribution < -0.4 is 4.90 Å². The van der Waals surface area contributed by atoms with E-state index in [1.165, 1.54) is 19.1 Å². The fourth-order valence-electron chi connectivity index (χ4n) is 3.72. The van der Waals surface area contributed by atoms with Gasteiger partial charge < -0.3 is 0 Å². The molecule has 0 saturated carbocycles. The van der Waals surface area contributed by atoms with Gasteiger partial charge in [-0.15, -0.1) is 0 Å². The molecule has 2 aromatic heterocycles. The Morgan fingerprint density at radius 3 is 2.18 bits per heavy atom. The molecule has 0 spiro atoms. The van der Waals surface area contributed by atoms with E-state index in [1.54, 1.807) is 25.6 Å². The molecule has 3 heterocycles. The molecule has 0 fully saturated rings. The third kappa shape index (κ3) is 2.28. The van der Waals surface area contributed by atoms with Crippen molar-refractivity contribution in [2.75, 3.05) is 4.90 Å². The summed E-state index contributed by atoms with van der Waals surface area (Å²) in [5.41, 5.74) is 0.184. The van der Waals surface area contributed by atoms with Crippen molar-refractivity contribution < 1.29 is 22.8 Å². The molecule has 9 heteroatoms. The molecule has 6 nitrogen and oxygen atoms in total. The van der Waals surface area contributed by atoms with Crippen LogP contribution in [0.5, 0.6) is 0 Å². The highest BCUT2D eigenvalue weighted by atomic mass is 19.4. The number of carbonyl (C=O) groups is 2. The Hall–Kier alpha value is -3.23. The first-order valence-corrected chi connectivity index (χ1v) is 8.43. The van der Waals surface area contributed by atoms with Gasteiger partial charge in [-0.25, -0.2) is 4.90 Å². The van der Waals surface area contributed by atoms with Crippen LogP contribution in [0.4, 0.5) is 18.9 Å². The summed E-state index contributed by atoms with van der Waals surface area (Å²) in [5, 5.41) is 4.23. The van der Waals surface area contributed by atoms with Crippen molar-refractivity contribution in [3.05, 3.63) is 52.0 Å². The van der Waals surface area contributed by atoms with Crippen molar-refractivity contribution in [3.8, 4) is 0 Å². The molecule has 0 unspecified atom stereocenters. The van der Waals surface area contributed by atoms with Crippen LogP contribution in [-0.4, -0.2) is 26.6 Å². The Morgan fingerprint density at radius 2 is 1.61 bits per heavy atom. The predicted molar refractivity (Wildman–Crippen MR) is 95.3 cm³/mol. The van der Waals surface area contributed by atoms with E-state index in [1.807, 2.05) is 0 Å². The lowest BCUT2D eigenvalue weighted by Crippen LogP contribution is -2.30. The second-order valence-electron chi connectivity index (χ2n) is 6.74. The molecule has 144 valence electrons. The van der Waals surface area contributed by atoms with Gasteiger partial charge in [0.15, 0.2) is 0 Å². The molecule has 1 aliphatic heterocycles. The van der Waals surface area contributed by atoms with E-state index in [2.05, 4.69) is 10.1 Å². The number of amides is 2. The molecule has 28 heavy (non-hydrogen) atoms. The zero-order valence-electron chi connectivity index (χ0n) is 15.5. The number of alkyl halides is 3. The zero-order valence-corrected chi connectivity index (χ0v) is 15.5. The second kappa shape index (κ2) is 5.63. The van der Waals surface area contributed by atoms with Gasteiger partial charge >= 0.3 is 6.18 Å². The number of rotatable bonds is 1. The summed E-state index contributed by atoms with van der Waals surface area (Å²) in [6, 6.07) is 3.51. The molecule has 4 rings (SSSR count). The first-order chi connectivity index (χ1) is 13.0. The molecule has 0 saturated heterocycles. The van der Waals surface area contributed by atoms with Gasteiger partial charge in [0.25, 0.3) is 11.8 Å². The number of benzene rings is 1. The first-order valence-electron chi connectivity index (χ1n) is 8.43. The van der Waals surface area contributed by atoms with Crippen LogP contribution in [0, 0.1) is 20.8 Å². The number of carbonyl (C=O) groups excluding carboxylic acids is 2. The number of hydrogen-bond donors (Lipinski definition) is 0. The molecule has 1 aromatic carbocycles. The van der Waals surface area contributed by atoms with Crippen LogP contribution in [-0.2, 0) is 13.2 Å². The second-order valence-corrected chi connectivity index (χ2v) is 6.74. The first kappa shape index (κ1) is 18.1. The maximum atomic E-state index is 13.4. The molecular formula is C19H15F3N4O2. The lowest BCUT2D eigenvalue weighted by molar-refractivity contribution is -0.136. The smallest absolute Gasteiger partial charge is 0.270 e. The van der Waals surface area contributed by atoms with Crippen molar-refractivity contribution in [2.45, 2.75) is 26.9 Å². The van der Waals surface area contributed by atoms with E-state index in [0.717, 1.165) is 11.0 Å². The lowest BCUT2D eigenvalue weighted by atomic mass is 10.00. The molecule has 3 aromatic rings. The molecular weight excluding hydrogens is 373 g/mol. The highest BCUT2D eigenvalue weighted by Crippen LogP contribution is 2.40. The minimum atomic E-state index is -4.63. The van der Waals surface area contributed by atoms with E-state index in [-0.39, 0.29) is 27.7 Å². The topological polar surface area (TPSA) is 68.1 Å². The summed E-state index contributed by atoms with van der Waals surface area (Å²) >= 11 is 0. The molecule has 0 radical (unpaired) electrons. The van der Waals surface area contributed by atoms with Crippen LogP contribution in [0.15, 0.2) is 18.2 Å². The summed E-state index contributed by atoms with van der Waals surface area (Å²) in [5.74, 6) is -1.28. The average Bonchev–Trinajstić information content (AvgIpc) is 3.00. The van der Waals surface area contributed by atoms with Gasteiger partial charge in [0.05, 0.1) is 45.0 Å². The Morgan fingerprint density at radius 1 is 0.964 bits per heavy atom. The van der Waals surface area contributed by atoms with E-state index < -0.39 is 23.6 Å². The van der Waals surface area contributed by atoms with Crippen molar-refractivity contribution >= 4 is 28.4 Å². The molecule has 0 atom stereocenters. The van der Waals surface area contributed by atoms with E-state index >= 15 is 0 Å². The van der Waals surface area contributed by atoms with Gasteiger partial charge in [0.2, 0.25) is 0 Å². The Labute approximate surface area is 157 Å². The Balaban J connectivity index is 2.04. The molecule has 1 aliphatic rings. The normalized spacial score (nSPS) is 14.3. The number of halogens is 3. The number of aromatic nitrogens is 3. The molecule has 0 aliphatic carbocycles. The van der Waals surface area contributed by atoms with Gasteiger partial charge in [0.1, 0.15) is 0 Å². The van der Waals surface area contributed by atoms with E-state index in [0.29, 0.717) is 17.1 Å². The maximum Gasteiger partial charge on any atom is 0.418 e. The minimum absolute atomic E-state index is 0.00970. The highest BCUT2D eigenvalue weighted by Gasteiger charge is 2.43. The quantitative estimate of drug-likeness (QED) is 0.596. The van der Waals surface area contributed by atoms with Gasteiger partial charge in [-0.05, 0) is 26.8 Å². The minimum Gasteiger partial charge on any atom is -0.270 e. The van der Waals surface area contributed by atoms with Crippen molar-refractivity contribution in [2.24, 2.45) is 7.05 Å². The molecule has 0 N–H and O–H groups in total. The Kier molecular flexibility index (Phi) is 3.65. The third-order valence-electron chi connectivity index (χ3n) is 5.03. The number of imide groups is 1. The summed E-state index contributed by atoms with van der Waals surface area (Å²) in [7, 11) is 1.68. The lowest BCUT2D eigenvalue weighted by Gasteiger charge is -2.14. The molecule has 0 bridgehead atoms. The van der Waals surface area contributed by atoms with Gasteiger partial charge in [-0.2, -0.15) is 18.3 Å². The van der Waals surface area contributed by atoms with Crippen LogP contribution in [0.3, 0.4) is 0 Å². The van der Waals surface area contributed by atoms with Crippen molar-refractivity contribution in [1.82, 2.24) is 14.8 Å². The van der Waals surface area contributed by atoms with Gasteiger partial charge in [-0.3, -0.25) is 19.3 Å². The summed E-state index contributed by atoms with van der Waals surface area (Å²) in [6.07, 6.45) is -4.63. The Bertz CT molecular complexity index is 1190. The summed E-state index contributed by atoms with van der Waals surface area (Å²) in [4.78, 5) is 31.3. The fourth-order valence-corrected chi connectivity index (χ4v) is 3.72. The number of anilines is 1. The maximum absolute atomic E-state index is 13.4. The monoisotopic (exact) mass is 388 g/mol. The molecule has 2 amide bonds. The average molecular weight is 388 g/mol. The standard InChI is InChI=1S/C19H15F3N4O2/c1-8-13-14(11-6-5-7-12(15(11)23-8)19(20,21)22)18(28)26(17(13)27)16-9(2)24-25(4)10(16)3/h5-7H,1-4H3. The zero-order chi connectivity index (χ0) is 20.5. The predicted octanol–water partition coefficient (Wildman–Crippen LogP) is 3.71. The van der Waals surface area contributed by atoms with Crippen molar-refractivity contribution in [1.29, 1.82) is 0 Å². The summed E-state index contributed by atoms with van der Waals surface area (Å²) in [6.45, 7) is 4.81. The van der Waals surface area contributed by atoms with Gasteiger partial charge in [-0.1, -0.05) is 12.1 Å². The van der Waals surface area contributed by atoms with Crippen LogP contribution in [0.25, 0.3) is 10.9 Å². The van der Waals surface area contributed by atoms with Gasteiger partial charge in [0, 0.05) is 12.4 Å². The third-order valence-corrected chi connectivity index (χ3v) is 5.03. The highest BCUT2D eigenvalue weighted by molar-refractivity contribution is 6.38. The fraction of sp³-hybridized carbons (Fsp3) is 0.263. The number of aryl methyl sites for hydroxylation is 3. The number of para-hydroxylation sites is 1. The van der Waals surface area contributed by atoms with Crippen LogP contribution in [0.2, 0.25) is 0 Å². The summed E-state index contributed by atoms with van der Waals surface area (Å²) < 4.78 is 41.8.